The van der Waals surface area contributed by atoms with Crippen LogP contribution in [-0.4, -0.2) is 38.9 Å². The maximum Gasteiger partial charge on any atom is 0.573 e. The number of amidine groups is 2. The van der Waals surface area contributed by atoms with Gasteiger partial charge in [-0.25, -0.2) is 4.98 Å². The van der Waals surface area contributed by atoms with E-state index in [1.165, 1.54) is 23.9 Å². The van der Waals surface area contributed by atoms with Crippen LogP contribution in [-0.2, 0) is 0 Å². The second kappa shape index (κ2) is 10.4. The average molecular weight is 573 g/mol. The number of aromatic nitrogens is 2. The van der Waals surface area contributed by atoms with Crippen molar-refractivity contribution in [2.45, 2.75) is 20.2 Å². The summed E-state index contributed by atoms with van der Waals surface area (Å²) in [6.45, 7) is 4.05. The molecule has 0 atom stereocenters. The summed E-state index contributed by atoms with van der Waals surface area (Å²) in [5.74, 6) is 0.728. The Kier molecular flexibility index (Phi) is 6.74. The summed E-state index contributed by atoms with van der Waals surface area (Å²) >= 11 is 1.48. The van der Waals surface area contributed by atoms with E-state index in [0.29, 0.717) is 22.4 Å². The van der Waals surface area contributed by atoms with Crippen LogP contribution in [0.5, 0.6) is 5.75 Å². The van der Waals surface area contributed by atoms with Crippen LogP contribution in [0.4, 0.5) is 18.9 Å². The smallest absolute Gasteiger partial charge is 0.406 e. The highest BCUT2D eigenvalue weighted by molar-refractivity contribution is 8.15. The molecule has 1 N–H and O–H groups in total. The van der Waals surface area contributed by atoms with E-state index in [9.17, 15) is 13.2 Å². The number of aryl methyl sites for hydroxylation is 2. The van der Waals surface area contributed by atoms with Crippen molar-refractivity contribution in [2.75, 3.05) is 10.7 Å². The standard InChI is InChI=1S/C30H23F3N6OS/c1-18-4-3-5-19(2)28(18)39-26(34)16-41-29(39)37-36-15-20-6-12-24-21(14-20)7-13-25-27(24)35-17-38(25)22-8-10-23(11-9-22)40-30(31,32)33/h3-15,17,34H,16H2,1-2H3/b34-26?,36-15-,37-29?. The highest BCUT2D eigenvalue weighted by Gasteiger charge is 2.31. The molecule has 11 heteroatoms. The molecular weight excluding hydrogens is 549 g/mol. The molecule has 0 unspecified atom stereocenters. The monoisotopic (exact) mass is 572 g/mol. The second-order valence-electron chi connectivity index (χ2n) is 9.51. The summed E-state index contributed by atoms with van der Waals surface area (Å²) in [4.78, 5) is 6.43. The van der Waals surface area contributed by atoms with E-state index < -0.39 is 6.36 Å². The van der Waals surface area contributed by atoms with Gasteiger partial charge in [-0.05, 0) is 72.3 Å². The summed E-state index contributed by atoms with van der Waals surface area (Å²) in [5, 5.41) is 19.8. The van der Waals surface area contributed by atoms with Crippen molar-refractivity contribution >= 4 is 56.5 Å². The normalized spacial score (nSPS) is 15.2. The first-order valence-corrected chi connectivity index (χ1v) is 13.6. The number of hydrogen-bond donors (Lipinski definition) is 1. The van der Waals surface area contributed by atoms with Gasteiger partial charge in [-0.3, -0.25) is 14.9 Å². The number of hydrogen-bond acceptors (Lipinski definition) is 6. The van der Waals surface area contributed by atoms with E-state index in [1.807, 2.05) is 71.8 Å². The average Bonchev–Trinajstić information content (AvgIpc) is 3.52. The van der Waals surface area contributed by atoms with Gasteiger partial charge in [-0.2, -0.15) is 5.10 Å². The number of nitrogens with zero attached hydrogens (tertiary/aromatic N) is 5. The summed E-state index contributed by atoms with van der Waals surface area (Å²) in [5.41, 5.74) is 6.23. The third kappa shape index (κ3) is 5.28. The zero-order valence-electron chi connectivity index (χ0n) is 22.0. The third-order valence-electron chi connectivity index (χ3n) is 6.72. The maximum atomic E-state index is 12.5. The van der Waals surface area contributed by atoms with Crippen molar-refractivity contribution in [1.82, 2.24) is 9.55 Å². The number of benzene rings is 4. The molecule has 41 heavy (non-hydrogen) atoms. The number of para-hydroxylation sites is 1. The highest BCUT2D eigenvalue weighted by atomic mass is 32.2. The van der Waals surface area contributed by atoms with Crippen molar-refractivity contribution in [2.24, 2.45) is 10.2 Å². The van der Waals surface area contributed by atoms with Crippen molar-refractivity contribution in [3.63, 3.8) is 0 Å². The second-order valence-corrected chi connectivity index (χ2v) is 10.5. The lowest BCUT2D eigenvalue weighted by Gasteiger charge is -2.21. The van der Waals surface area contributed by atoms with Gasteiger partial charge >= 0.3 is 6.36 Å². The molecular formula is C30H23F3N6OS. The molecule has 2 heterocycles. The van der Waals surface area contributed by atoms with Gasteiger partial charge < -0.3 is 4.74 Å². The van der Waals surface area contributed by atoms with Gasteiger partial charge in [-0.1, -0.05) is 48.2 Å². The fourth-order valence-electron chi connectivity index (χ4n) is 4.91. The number of fused-ring (bicyclic) bond motifs is 3. The molecule has 0 amide bonds. The summed E-state index contributed by atoms with van der Waals surface area (Å²) in [6, 6.07) is 21.5. The van der Waals surface area contributed by atoms with Crippen LogP contribution in [0.25, 0.3) is 27.5 Å². The predicted octanol–water partition coefficient (Wildman–Crippen LogP) is 7.61. The van der Waals surface area contributed by atoms with Gasteiger partial charge in [0.25, 0.3) is 0 Å². The molecule has 206 valence electrons. The van der Waals surface area contributed by atoms with Gasteiger partial charge in [0.15, 0.2) is 5.17 Å². The number of alkyl halides is 3. The first kappa shape index (κ1) is 26.6. The molecule has 5 aromatic rings. The Bertz CT molecular complexity index is 1840. The van der Waals surface area contributed by atoms with Crippen molar-refractivity contribution in [1.29, 1.82) is 5.41 Å². The number of halogens is 3. The van der Waals surface area contributed by atoms with Crippen LogP contribution < -0.4 is 9.64 Å². The Balaban J connectivity index is 1.26. The third-order valence-corrected chi connectivity index (χ3v) is 7.66. The first-order valence-electron chi connectivity index (χ1n) is 12.6. The van der Waals surface area contributed by atoms with Gasteiger partial charge in [0, 0.05) is 11.1 Å². The minimum atomic E-state index is -4.74. The summed E-state index contributed by atoms with van der Waals surface area (Å²) in [6.07, 6.45) is -1.40. The molecule has 0 aliphatic carbocycles. The molecule has 1 fully saturated rings. The van der Waals surface area contributed by atoms with Gasteiger partial charge in [0.2, 0.25) is 0 Å². The fraction of sp³-hybridized carbons (Fsp3) is 0.133. The Hall–Kier alpha value is -4.64. The lowest BCUT2D eigenvalue weighted by molar-refractivity contribution is -0.274. The number of ether oxygens (including phenoxy) is 1. The summed E-state index contributed by atoms with van der Waals surface area (Å²) in [7, 11) is 0. The van der Waals surface area contributed by atoms with Gasteiger partial charge in [0.1, 0.15) is 17.9 Å². The Morgan fingerprint density at radius 3 is 2.49 bits per heavy atom. The SMILES string of the molecule is Cc1cccc(C)c1N1C(=N)CSC1=N/N=C\c1ccc2c(ccc3c2ncn3-c2ccc(OC(F)(F)F)cc2)c1. The first-order chi connectivity index (χ1) is 19.7. The number of thioether (sulfide) groups is 1. The van der Waals surface area contributed by atoms with E-state index in [0.717, 1.165) is 44.2 Å². The minimum absolute atomic E-state index is 0.279. The molecule has 7 nitrogen and oxygen atoms in total. The van der Waals surface area contributed by atoms with E-state index >= 15 is 0 Å². The minimum Gasteiger partial charge on any atom is -0.406 e. The predicted molar refractivity (Wildman–Crippen MR) is 159 cm³/mol. The van der Waals surface area contributed by atoms with Crippen LogP contribution in [0.3, 0.4) is 0 Å². The quantitative estimate of drug-likeness (QED) is 0.174. The number of rotatable bonds is 5. The number of nitrogens with one attached hydrogen (secondary N) is 1. The Labute approximate surface area is 237 Å². The van der Waals surface area contributed by atoms with Crippen LogP contribution in [0.2, 0.25) is 0 Å². The van der Waals surface area contributed by atoms with Crippen molar-refractivity contribution in [3.05, 3.63) is 95.8 Å². The lowest BCUT2D eigenvalue weighted by atomic mass is 10.1. The molecule has 6 rings (SSSR count). The maximum absolute atomic E-state index is 12.5. The lowest BCUT2D eigenvalue weighted by Crippen LogP contribution is -2.30. The molecule has 1 aromatic heterocycles. The molecule has 4 aromatic carbocycles. The van der Waals surface area contributed by atoms with E-state index in [4.69, 9.17) is 5.41 Å². The van der Waals surface area contributed by atoms with E-state index in [2.05, 4.69) is 19.9 Å². The van der Waals surface area contributed by atoms with Crippen LogP contribution in [0, 0.1) is 19.3 Å². The molecule has 0 spiro atoms. The fourth-order valence-corrected chi connectivity index (χ4v) is 5.74. The molecule has 0 bridgehead atoms. The summed E-state index contributed by atoms with van der Waals surface area (Å²) < 4.78 is 43.3. The van der Waals surface area contributed by atoms with Crippen molar-refractivity contribution in [3.8, 4) is 11.4 Å². The van der Waals surface area contributed by atoms with Crippen molar-refractivity contribution < 1.29 is 17.9 Å². The zero-order valence-corrected chi connectivity index (χ0v) is 22.8. The largest absolute Gasteiger partial charge is 0.573 e. The van der Waals surface area contributed by atoms with Crippen LogP contribution in [0.15, 0.2) is 89.3 Å². The number of anilines is 1. The van der Waals surface area contributed by atoms with Gasteiger partial charge in [-0.15, -0.1) is 18.3 Å². The van der Waals surface area contributed by atoms with E-state index in [-0.39, 0.29) is 5.75 Å². The topological polar surface area (TPSA) is 78.9 Å². The zero-order chi connectivity index (χ0) is 28.7. The molecule has 1 aliphatic rings. The van der Waals surface area contributed by atoms with E-state index in [1.54, 1.807) is 24.7 Å². The van der Waals surface area contributed by atoms with Crippen LogP contribution in [0.1, 0.15) is 16.7 Å². The molecule has 1 aliphatic heterocycles. The van der Waals surface area contributed by atoms with Gasteiger partial charge in [0.05, 0.1) is 28.7 Å². The molecule has 0 saturated carbocycles. The number of imidazole rings is 1. The Morgan fingerprint density at radius 1 is 1.00 bits per heavy atom. The molecule has 0 radical (unpaired) electrons. The van der Waals surface area contributed by atoms with Crippen LogP contribution >= 0.6 is 11.8 Å². The Morgan fingerprint density at radius 2 is 1.76 bits per heavy atom. The highest BCUT2D eigenvalue weighted by Crippen LogP contribution is 2.33. The molecule has 1 saturated heterocycles.